The van der Waals surface area contributed by atoms with Crippen LogP contribution in [0, 0.1) is 13.8 Å². The van der Waals surface area contributed by atoms with Gasteiger partial charge in [-0.15, -0.1) is 10.2 Å². The topological polar surface area (TPSA) is 81.1 Å². The van der Waals surface area contributed by atoms with Crippen LogP contribution in [-0.2, 0) is 0 Å². The zero-order valence-electron chi connectivity index (χ0n) is 14.3. The molecule has 1 N–H and O–H groups in total. The summed E-state index contributed by atoms with van der Waals surface area (Å²) < 4.78 is 7.31. The molecular weight excluding hydrogens is 316 g/mol. The molecule has 0 bridgehead atoms. The third-order valence-corrected chi connectivity index (χ3v) is 3.90. The average Bonchev–Trinajstić information content (AvgIpc) is 3.20. The Balaban J connectivity index is 1.78. The molecule has 0 amide bonds. The molecule has 0 aliphatic carbocycles. The van der Waals surface area contributed by atoms with Gasteiger partial charge in [-0.3, -0.25) is 0 Å². The zero-order chi connectivity index (χ0) is 17.4. The summed E-state index contributed by atoms with van der Waals surface area (Å²) in [6.07, 6.45) is 0. The summed E-state index contributed by atoms with van der Waals surface area (Å²) in [4.78, 5) is 4.72. The van der Waals surface area contributed by atoms with Crippen LogP contribution in [0.2, 0.25) is 0 Å². The molecular formula is C18H18N6O. The molecule has 25 heavy (non-hydrogen) atoms. The van der Waals surface area contributed by atoms with Crippen molar-refractivity contribution in [1.82, 2.24) is 24.8 Å². The normalized spacial score (nSPS) is 12.4. The third kappa shape index (κ3) is 2.96. The molecule has 7 heteroatoms. The van der Waals surface area contributed by atoms with Gasteiger partial charge < -0.3 is 9.73 Å². The maximum Gasteiger partial charge on any atom is 0.238 e. The predicted octanol–water partition coefficient (Wildman–Crippen LogP) is 3.57. The Bertz CT molecular complexity index is 1020. The molecule has 126 valence electrons. The standard InChI is InChI=1S/C18H18N6O/c1-11-9-16-20-15(14-7-5-4-6-8-14)10-17(24(16)23-11)19-12(2)18-22-21-13(3)25-18/h4-10,12,19H,1-3H3/t12-/m0/s1. The predicted molar refractivity (Wildman–Crippen MR) is 94.2 cm³/mol. The van der Waals surface area contributed by atoms with E-state index < -0.39 is 0 Å². The Morgan fingerprint density at radius 2 is 1.88 bits per heavy atom. The molecule has 0 fully saturated rings. The summed E-state index contributed by atoms with van der Waals surface area (Å²) >= 11 is 0. The monoisotopic (exact) mass is 334 g/mol. The lowest BCUT2D eigenvalue weighted by Gasteiger charge is -2.14. The van der Waals surface area contributed by atoms with Crippen molar-refractivity contribution in [1.29, 1.82) is 0 Å². The van der Waals surface area contributed by atoms with Gasteiger partial charge in [0.25, 0.3) is 0 Å². The van der Waals surface area contributed by atoms with E-state index in [2.05, 4.69) is 20.6 Å². The van der Waals surface area contributed by atoms with Gasteiger partial charge >= 0.3 is 0 Å². The smallest absolute Gasteiger partial charge is 0.238 e. The van der Waals surface area contributed by atoms with Crippen LogP contribution < -0.4 is 5.32 Å². The summed E-state index contributed by atoms with van der Waals surface area (Å²) in [6, 6.07) is 13.9. The SMILES string of the molecule is Cc1cc2nc(-c3ccccc3)cc(N[C@@H](C)c3nnc(C)o3)n2n1. The number of aromatic nitrogens is 5. The number of nitrogens with zero attached hydrogens (tertiary/aromatic N) is 5. The lowest BCUT2D eigenvalue weighted by atomic mass is 10.1. The van der Waals surface area contributed by atoms with Gasteiger partial charge in [0.2, 0.25) is 11.8 Å². The molecule has 4 aromatic rings. The number of nitrogens with one attached hydrogen (secondary N) is 1. The second kappa shape index (κ2) is 6.01. The molecule has 0 spiro atoms. The minimum atomic E-state index is -0.153. The lowest BCUT2D eigenvalue weighted by molar-refractivity contribution is 0.450. The number of anilines is 1. The number of hydrogen-bond acceptors (Lipinski definition) is 6. The van der Waals surface area contributed by atoms with Crippen LogP contribution in [-0.4, -0.2) is 24.8 Å². The van der Waals surface area contributed by atoms with Gasteiger partial charge in [-0.05, 0) is 13.8 Å². The van der Waals surface area contributed by atoms with E-state index >= 15 is 0 Å². The Kier molecular flexibility index (Phi) is 3.68. The highest BCUT2D eigenvalue weighted by Gasteiger charge is 2.16. The molecule has 0 saturated carbocycles. The van der Waals surface area contributed by atoms with Crippen molar-refractivity contribution in [2.45, 2.75) is 26.8 Å². The first-order valence-electron chi connectivity index (χ1n) is 8.09. The molecule has 4 rings (SSSR count). The van der Waals surface area contributed by atoms with Crippen LogP contribution >= 0.6 is 0 Å². The Hall–Kier alpha value is -3.22. The van der Waals surface area contributed by atoms with E-state index in [0.717, 1.165) is 28.4 Å². The summed E-state index contributed by atoms with van der Waals surface area (Å²) in [7, 11) is 0. The van der Waals surface area contributed by atoms with Gasteiger partial charge in [0.05, 0.1) is 11.4 Å². The van der Waals surface area contributed by atoms with Gasteiger partial charge in [-0.1, -0.05) is 30.3 Å². The highest BCUT2D eigenvalue weighted by Crippen LogP contribution is 2.25. The van der Waals surface area contributed by atoms with Gasteiger partial charge in [0.1, 0.15) is 11.9 Å². The lowest BCUT2D eigenvalue weighted by Crippen LogP contribution is -2.11. The van der Waals surface area contributed by atoms with Crippen molar-refractivity contribution in [2.75, 3.05) is 5.32 Å². The van der Waals surface area contributed by atoms with Crippen molar-refractivity contribution in [3.63, 3.8) is 0 Å². The van der Waals surface area contributed by atoms with E-state index in [9.17, 15) is 0 Å². The third-order valence-electron chi connectivity index (χ3n) is 3.90. The molecule has 7 nitrogen and oxygen atoms in total. The quantitative estimate of drug-likeness (QED) is 0.614. The van der Waals surface area contributed by atoms with Gasteiger partial charge in [0.15, 0.2) is 5.65 Å². The molecule has 1 aromatic carbocycles. The summed E-state index contributed by atoms with van der Waals surface area (Å²) in [5.74, 6) is 1.90. The number of fused-ring (bicyclic) bond motifs is 1. The maximum atomic E-state index is 5.52. The first kappa shape index (κ1) is 15.3. The van der Waals surface area contributed by atoms with Gasteiger partial charge in [-0.25, -0.2) is 4.98 Å². The zero-order valence-corrected chi connectivity index (χ0v) is 14.3. The summed E-state index contributed by atoms with van der Waals surface area (Å²) in [6.45, 7) is 5.70. The fraction of sp³-hybridized carbons (Fsp3) is 0.222. The molecule has 1 atom stereocenters. The van der Waals surface area contributed by atoms with Gasteiger partial charge in [0, 0.05) is 24.6 Å². The van der Waals surface area contributed by atoms with Crippen LogP contribution in [0.3, 0.4) is 0 Å². The van der Waals surface area contributed by atoms with Crippen LogP contribution in [0.1, 0.15) is 30.4 Å². The van der Waals surface area contributed by atoms with Crippen molar-refractivity contribution in [3.05, 3.63) is 59.9 Å². The van der Waals surface area contributed by atoms with Crippen molar-refractivity contribution in [2.24, 2.45) is 0 Å². The van der Waals surface area contributed by atoms with Crippen LogP contribution in [0.5, 0.6) is 0 Å². The number of hydrogen-bond donors (Lipinski definition) is 1. The van der Waals surface area contributed by atoms with E-state index in [0.29, 0.717) is 11.8 Å². The molecule has 0 aliphatic heterocycles. The first-order valence-corrected chi connectivity index (χ1v) is 8.09. The van der Waals surface area contributed by atoms with Crippen LogP contribution in [0.25, 0.3) is 16.9 Å². The molecule has 0 radical (unpaired) electrons. The first-order chi connectivity index (χ1) is 12.1. The number of rotatable bonds is 4. The summed E-state index contributed by atoms with van der Waals surface area (Å²) in [5, 5.41) is 15.9. The Morgan fingerprint density at radius 3 is 2.60 bits per heavy atom. The summed E-state index contributed by atoms with van der Waals surface area (Å²) in [5.41, 5.74) is 3.62. The van der Waals surface area contributed by atoms with Crippen LogP contribution in [0.15, 0.2) is 46.9 Å². The maximum absolute atomic E-state index is 5.52. The van der Waals surface area contributed by atoms with Crippen molar-refractivity contribution < 1.29 is 4.42 Å². The molecule has 0 saturated heterocycles. The Labute approximate surface area is 144 Å². The second-order valence-electron chi connectivity index (χ2n) is 5.97. The van der Waals surface area contributed by atoms with Gasteiger partial charge in [-0.2, -0.15) is 9.61 Å². The minimum Gasteiger partial charge on any atom is -0.423 e. The largest absolute Gasteiger partial charge is 0.423 e. The fourth-order valence-electron chi connectivity index (χ4n) is 2.72. The fourth-order valence-corrected chi connectivity index (χ4v) is 2.72. The van der Waals surface area contributed by atoms with Crippen molar-refractivity contribution in [3.8, 4) is 11.3 Å². The van der Waals surface area contributed by atoms with E-state index in [-0.39, 0.29) is 6.04 Å². The second-order valence-corrected chi connectivity index (χ2v) is 5.97. The molecule has 0 aliphatic rings. The number of benzene rings is 1. The Morgan fingerprint density at radius 1 is 1.08 bits per heavy atom. The number of aryl methyl sites for hydroxylation is 2. The molecule has 0 unspecified atom stereocenters. The van der Waals surface area contributed by atoms with Crippen molar-refractivity contribution >= 4 is 11.5 Å². The molecule has 3 heterocycles. The van der Waals surface area contributed by atoms with E-state index in [1.807, 2.05) is 56.3 Å². The average molecular weight is 334 g/mol. The van der Waals surface area contributed by atoms with E-state index in [1.165, 1.54) is 0 Å². The van der Waals surface area contributed by atoms with Crippen LogP contribution in [0.4, 0.5) is 5.82 Å². The highest BCUT2D eigenvalue weighted by molar-refractivity contribution is 5.66. The molecule has 3 aromatic heterocycles. The minimum absolute atomic E-state index is 0.153. The highest BCUT2D eigenvalue weighted by atomic mass is 16.4. The van der Waals surface area contributed by atoms with E-state index in [1.54, 1.807) is 11.4 Å². The van der Waals surface area contributed by atoms with E-state index in [4.69, 9.17) is 9.40 Å².